The van der Waals surface area contributed by atoms with Crippen molar-refractivity contribution in [3.63, 3.8) is 0 Å². The van der Waals surface area contributed by atoms with Crippen molar-refractivity contribution in [2.24, 2.45) is 0 Å². The second-order valence-electron chi connectivity index (χ2n) is 6.64. The predicted molar refractivity (Wildman–Crippen MR) is 113 cm³/mol. The number of esters is 2. The lowest BCUT2D eigenvalue weighted by Gasteiger charge is -2.11. The van der Waals surface area contributed by atoms with Crippen LogP contribution in [0.5, 0.6) is 11.5 Å². The number of benzene rings is 1. The van der Waals surface area contributed by atoms with Crippen molar-refractivity contribution < 1.29 is 23.9 Å². The monoisotopic (exact) mass is 425 g/mol. The van der Waals surface area contributed by atoms with Crippen molar-refractivity contribution >= 4 is 39.4 Å². The number of amides is 1. The van der Waals surface area contributed by atoms with Crippen molar-refractivity contribution in [1.29, 1.82) is 0 Å². The maximum absolute atomic E-state index is 12.0. The first kappa shape index (κ1) is 22.6. The molecular weight excluding hydrogens is 398 g/mol. The largest absolute Gasteiger partial charge is 0.423 e. The first-order valence-electron chi connectivity index (χ1n) is 9.49. The van der Waals surface area contributed by atoms with Crippen molar-refractivity contribution in [2.45, 2.75) is 57.6 Å². The van der Waals surface area contributed by atoms with Crippen molar-refractivity contribution in [3.8, 4) is 11.5 Å². The minimum Gasteiger partial charge on any atom is -0.423 e. The van der Waals surface area contributed by atoms with Crippen molar-refractivity contribution in [2.75, 3.05) is 12.3 Å². The average molecular weight is 426 g/mol. The van der Waals surface area contributed by atoms with E-state index in [-0.39, 0.29) is 17.4 Å². The van der Waals surface area contributed by atoms with Gasteiger partial charge in [0.05, 0.1) is 0 Å². The van der Waals surface area contributed by atoms with E-state index in [0.717, 1.165) is 23.7 Å². The highest BCUT2D eigenvalue weighted by Gasteiger charge is 2.16. The molecule has 6 nitrogen and oxygen atoms in total. The van der Waals surface area contributed by atoms with Gasteiger partial charge in [-0.05, 0) is 43.4 Å². The summed E-state index contributed by atoms with van der Waals surface area (Å²) in [5, 5.41) is 3.68. The third-order valence-corrected chi connectivity index (χ3v) is 7.17. The topological polar surface area (TPSA) is 81.7 Å². The average Bonchev–Trinajstić information content (AvgIpc) is 3.13. The Morgan fingerprint density at radius 1 is 1.11 bits per heavy atom. The molecule has 0 radical (unpaired) electrons. The van der Waals surface area contributed by atoms with E-state index < -0.39 is 11.9 Å². The van der Waals surface area contributed by atoms with Crippen molar-refractivity contribution in [1.82, 2.24) is 5.32 Å². The minimum atomic E-state index is -0.492. The fourth-order valence-corrected chi connectivity index (χ4v) is 5.87. The van der Waals surface area contributed by atoms with E-state index in [2.05, 4.69) is 5.32 Å². The van der Waals surface area contributed by atoms with Gasteiger partial charge in [0.25, 0.3) is 0 Å². The lowest BCUT2D eigenvalue weighted by Crippen LogP contribution is -2.25. The SMILES string of the molecule is CC(=O)Oc1ccc(CCNC(=O)CCCC[C@@H]2CCSS2)cc1OC(C)=O. The maximum atomic E-state index is 12.0. The Hall–Kier alpha value is -1.67. The van der Waals surface area contributed by atoms with Gasteiger partial charge in [-0.1, -0.05) is 34.1 Å². The van der Waals surface area contributed by atoms with Gasteiger partial charge in [0, 0.05) is 37.8 Å². The summed E-state index contributed by atoms with van der Waals surface area (Å²) in [5.41, 5.74) is 0.878. The van der Waals surface area contributed by atoms with Gasteiger partial charge < -0.3 is 14.8 Å². The molecule has 1 fully saturated rings. The number of carbonyl (C=O) groups excluding carboxylic acids is 3. The van der Waals surface area contributed by atoms with Crippen LogP contribution in [0.2, 0.25) is 0 Å². The van der Waals surface area contributed by atoms with Gasteiger partial charge in [0.2, 0.25) is 5.91 Å². The second kappa shape index (κ2) is 12.0. The molecule has 0 spiro atoms. The van der Waals surface area contributed by atoms with E-state index in [9.17, 15) is 14.4 Å². The van der Waals surface area contributed by atoms with Crippen LogP contribution in [0, 0.1) is 0 Å². The molecule has 1 heterocycles. The van der Waals surface area contributed by atoms with E-state index in [1.54, 1.807) is 18.2 Å². The third kappa shape index (κ3) is 8.56. The van der Waals surface area contributed by atoms with E-state index in [4.69, 9.17) is 9.47 Å². The van der Waals surface area contributed by atoms with Crippen LogP contribution in [0.1, 0.15) is 51.5 Å². The molecule has 1 aliphatic rings. The van der Waals surface area contributed by atoms with Crippen molar-refractivity contribution in [3.05, 3.63) is 23.8 Å². The van der Waals surface area contributed by atoms with Crippen LogP contribution in [0.4, 0.5) is 0 Å². The van der Waals surface area contributed by atoms with Crippen LogP contribution in [-0.4, -0.2) is 35.4 Å². The van der Waals surface area contributed by atoms with E-state index in [1.807, 2.05) is 21.6 Å². The van der Waals surface area contributed by atoms with Gasteiger partial charge in [-0.3, -0.25) is 14.4 Å². The van der Waals surface area contributed by atoms with Gasteiger partial charge in [0.1, 0.15) is 0 Å². The molecule has 0 aromatic heterocycles. The number of hydrogen-bond acceptors (Lipinski definition) is 7. The molecule has 1 N–H and O–H groups in total. The molecule has 2 rings (SSSR count). The summed E-state index contributed by atoms with van der Waals surface area (Å²) in [4.78, 5) is 34.4. The summed E-state index contributed by atoms with van der Waals surface area (Å²) in [6, 6.07) is 5.04. The Labute approximate surface area is 173 Å². The molecule has 1 aromatic carbocycles. The Balaban J connectivity index is 1.72. The van der Waals surface area contributed by atoms with Crippen LogP contribution in [-0.2, 0) is 20.8 Å². The summed E-state index contributed by atoms with van der Waals surface area (Å²) in [5.74, 6) is 0.734. The quantitative estimate of drug-likeness (QED) is 0.263. The van der Waals surface area contributed by atoms with Gasteiger partial charge in [-0.2, -0.15) is 0 Å². The Morgan fingerprint density at radius 3 is 2.54 bits per heavy atom. The smallest absolute Gasteiger partial charge is 0.308 e. The molecule has 0 unspecified atom stereocenters. The molecule has 0 aliphatic carbocycles. The van der Waals surface area contributed by atoms with Crippen LogP contribution < -0.4 is 14.8 Å². The van der Waals surface area contributed by atoms with Crippen LogP contribution in [0.3, 0.4) is 0 Å². The summed E-state index contributed by atoms with van der Waals surface area (Å²) >= 11 is 0. The van der Waals surface area contributed by atoms with Crippen LogP contribution in [0.25, 0.3) is 0 Å². The zero-order valence-electron chi connectivity index (χ0n) is 16.3. The van der Waals surface area contributed by atoms with Gasteiger partial charge >= 0.3 is 11.9 Å². The van der Waals surface area contributed by atoms with Gasteiger partial charge in [-0.15, -0.1) is 0 Å². The molecule has 1 amide bonds. The third-order valence-electron chi connectivity index (χ3n) is 4.16. The first-order chi connectivity index (χ1) is 13.4. The van der Waals surface area contributed by atoms with Crippen LogP contribution >= 0.6 is 21.6 Å². The van der Waals surface area contributed by atoms with Gasteiger partial charge in [-0.25, -0.2) is 0 Å². The molecule has 154 valence electrons. The van der Waals surface area contributed by atoms with Gasteiger partial charge in [0.15, 0.2) is 11.5 Å². The lowest BCUT2D eigenvalue weighted by atomic mass is 10.1. The highest BCUT2D eigenvalue weighted by atomic mass is 33.1. The molecule has 1 aliphatic heterocycles. The molecular formula is C20H27NO5S2. The zero-order chi connectivity index (χ0) is 20.4. The van der Waals surface area contributed by atoms with Crippen LogP contribution in [0.15, 0.2) is 18.2 Å². The highest BCUT2D eigenvalue weighted by molar-refractivity contribution is 8.77. The molecule has 8 heteroatoms. The molecule has 28 heavy (non-hydrogen) atoms. The van der Waals surface area contributed by atoms with E-state index in [1.165, 1.54) is 32.4 Å². The second-order valence-corrected chi connectivity index (χ2v) is 9.43. The van der Waals surface area contributed by atoms with E-state index in [0.29, 0.717) is 19.4 Å². The Morgan fingerprint density at radius 2 is 1.86 bits per heavy atom. The summed E-state index contributed by atoms with van der Waals surface area (Å²) in [7, 11) is 3.93. The number of ether oxygens (including phenoxy) is 2. The summed E-state index contributed by atoms with van der Waals surface area (Å²) < 4.78 is 10.2. The number of hydrogen-bond donors (Lipinski definition) is 1. The standard InChI is InChI=1S/C20H27NO5S2/c1-14(22)25-18-8-7-16(13-19(18)26-15(2)23)9-11-21-20(24)6-4-3-5-17-10-12-27-28-17/h7-8,13,17H,3-6,9-12H2,1-2H3,(H,21,24)/t17-/m1/s1. The normalized spacial score (nSPS) is 15.9. The summed E-state index contributed by atoms with van der Waals surface area (Å²) in [6.07, 6.45) is 5.63. The predicted octanol–water partition coefficient (Wildman–Crippen LogP) is 3.91. The number of carbonyl (C=O) groups is 3. The fourth-order valence-electron chi connectivity index (χ4n) is 2.84. The Kier molecular flexibility index (Phi) is 9.70. The number of nitrogens with one attached hydrogen (secondary N) is 1. The zero-order valence-corrected chi connectivity index (χ0v) is 18.0. The number of unbranched alkanes of at least 4 members (excludes halogenated alkanes) is 1. The molecule has 1 aromatic rings. The Bertz CT molecular complexity index is 689. The molecule has 0 saturated carbocycles. The van der Waals surface area contributed by atoms with E-state index >= 15 is 0 Å². The molecule has 0 bridgehead atoms. The summed E-state index contributed by atoms with van der Waals surface area (Å²) in [6.45, 7) is 3.07. The lowest BCUT2D eigenvalue weighted by molar-refractivity contribution is -0.134. The number of rotatable bonds is 10. The maximum Gasteiger partial charge on any atom is 0.308 e. The minimum absolute atomic E-state index is 0.0604. The molecule has 1 atom stereocenters. The highest BCUT2D eigenvalue weighted by Crippen LogP contribution is 2.39. The first-order valence-corrected chi connectivity index (χ1v) is 11.9. The molecule has 1 saturated heterocycles. The fraction of sp³-hybridized carbons (Fsp3) is 0.550.